The van der Waals surface area contributed by atoms with Crippen molar-refractivity contribution >= 4 is 5.91 Å². The van der Waals surface area contributed by atoms with E-state index in [1.54, 1.807) is 43.4 Å². The highest BCUT2D eigenvalue weighted by Crippen LogP contribution is 2.17. The lowest BCUT2D eigenvalue weighted by Crippen LogP contribution is -2.25. The van der Waals surface area contributed by atoms with Crippen LogP contribution in [0.15, 0.2) is 48.5 Å². The number of carbonyl (C=O) groups is 1. The molecule has 0 heterocycles. The average Bonchev–Trinajstić information content (AvgIpc) is 2.59. The van der Waals surface area contributed by atoms with Gasteiger partial charge in [0, 0.05) is 12.6 Å². The summed E-state index contributed by atoms with van der Waals surface area (Å²) in [4.78, 5) is 16.9. The minimum atomic E-state index is -0.251. The van der Waals surface area contributed by atoms with Gasteiger partial charge in [-0.1, -0.05) is 18.2 Å². The van der Waals surface area contributed by atoms with E-state index in [1.807, 2.05) is 12.1 Å². The average molecular weight is 296 g/mol. The number of nitrogens with zero attached hydrogens (tertiary/aromatic N) is 2. The van der Waals surface area contributed by atoms with Crippen molar-refractivity contribution in [2.24, 2.45) is 0 Å². The molecule has 0 atom stereocenters. The summed E-state index contributed by atoms with van der Waals surface area (Å²) in [6.45, 7) is 0.327. The Balaban J connectivity index is 2.07. The molecule has 1 amide bonds. The largest absolute Gasteiger partial charge is 0.489 e. The zero-order chi connectivity index (χ0) is 15.9. The third-order valence-corrected chi connectivity index (χ3v) is 3.10. The molecule has 112 valence electrons. The highest BCUT2D eigenvalue weighted by Gasteiger charge is 2.11. The first-order chi connectivity index (χ1) is 10.6. The molecule has 2 rings (SSSR count). The van der Waals surface area contributed by atoms with Gasteiger partial charge in [-0.25, -0.2) is 5.06 Å². The lowest BCUT2D eigenvalue weighted by Gasteiger charge is -2.14. The molecule has 0 radical (unpaired) electrons. The summed E-state index contributed by atoms with van der Waals surface area (Å²) < 4.78 is 5.67. The van der Waals surface area contributed by atoms with Crippen LogP contribution in [-0.2, 0) is 11.4 Å². The van der Waals surface area contributed by atoms with Gasteiger partial charge in [-0.15, -0.1) is 0 Å². The molecule has 0 N–H and O–H groups in total. The van der Waals surface area contributed by atoms with Crippen LogP contribution in [0.25, 0.3) is 0 Å². The van der Waals surface area contributed by atoms with E-state index in [-0.39, 0.29) is 5.91 Å². The van der Waals surface area contributed by atoms with Gasteiger partial charge in [0.15, 0.2) is 0 Å². The van der Waals surface area contributed by atoms with Crippen LogP contribution in [-0.4, -0.2) is 25.1 Å². The fourth-order valence-corrected chi connectivity index (χ4v) is 1.88. The lowest BCUT2D eigenvalue weighted by atomic mass is 10.1. The second-order valence-electron chi connectivity index (χ2n) is 4.61. The van der Waals surface area contributed by atoms with Crippen molar-refractivity contribution in [3.05, 3.63) is 65.2 Å². The van der Waals surface area contributed by atoms with E-state index in [1.165, 1.54) is 7.11 Å². The molecular weight excluding hydrogens is 280 g/mol. The Kier molecular flexibility index (Phi) is 5.12. The van der Waals surface area contributed by atoms with Crippen LogP contribution in [0.2, 0.25) is 0 Å². The zero-order valence-electron chi connectivity index (χ0n) is 12.4. The van der Waals surface area contributed by atoms with Crippen LogP contribution in [0.3, 0.4) is 0 Å². The maximum absolute atomic E-state index is 12.0. The maximum atomic E-state index is 12.0. The van der Waals surface area contributed by atoms with Crippen molar-refractivity contribution in [1.82, 2.24) is 5.06 Å². The summed E-state index contributed by atoms with van der Waals surface area (Å²) in [5, 5.41) is 10.0. The van der Waals surface area contributed by atoms with Gasteiger partial charge in [0.1, 0.15) is 12.4 Å². The van der Waals surface area contributed by atoms with Gasteiger partial charge in [-0.3, -0.25) is 9.63 Å². The SMILES string of the molecule is CON(C)C(=O)c1cccc(OCc2cccc(C#N)c2)c1. The summed E-state index contributed by atoms with van der Waals surface area (Å²) >= 11 is 0. The first-order valence-electron chi connectivity index (χ1n) is 6.68. The Hall–Kier alpha value is -2.84. The topological polar surface area (TPSA) is 62.6 Å². The van der Waals surface area contributed by atoms with Gasteiger partial charge in [-0.05, 0) is 35.9 Å². The summed E-state index contributed by atoms with van der Waals surface area (Å²) in [5.74, 6) is 0.331. The standard InChI is InChI=1S/C17H16N2O3/c1-19(21-2)17(20)15-7-4-8-16(10-15)22-12-14-6-3-5-13(9-14)11-18/h3-10H,12H2,1-2H3. The molecule has 0 saturated heterocycles. The summed E-state index contributed by atoms with van der Waals surface area (Å²) in [5.41, 5.74) is 1.96. The molecule has 22 heavy (non-hydrogen) atoms. The highest BCUT2D eigenvalue weighted by molar-refractivity contribution is 5.93. The summed E-state index contributed by atoms with van der Waals surface area (Å²) in [6.07, 6.45) is 0. The molecule has 0 unspecified atom stereocenters. The van der Waals surface area contributed by atoms with Gasteiger partial charge in [-0.2, -0.15) is 5.26 Å². The molecule has 2 aromatic rings. The lowest BCUT2D eigenvalue weighted by molar-refractivity contribution is -0.0757. The Morgan fingerprint density at radius 1 is 1.23 bits per heavy atom. The predicted molar refractivity (Wildman–Crippen MR) is 81.0 cm³/mol. The van der Waals surface area contributed by atoms with Crippen molar-refractivity contribution in [2.75, 3.05) is 14.2 Å². The molecule has 5 nitrogen and oxygen atoms in total. The first kappa shape index (κ1) is 15.5. The van der Waals surface area contributed by atoms with Gasteiger partial charge >= 0.3 is 0 Å². The third kappa shape index (κ3) is 3.84. The highest BCUT2D eigenvalue weighted by atomic mass is 16.7. The molecule has 5 heteroatoms. The Labute approximate surface area is 129 Å². The van der Waals surface area contributed by atoms with E-state index < -0.39 is 0 Å². The summed E-state index contributed by atoms with van der Waals surface area (Å²) in [7, 11) is 2.98. The normalized spacial score (nSPS) is 9.86. The fraction of sp³-hybridized carbons (Fsp3) is 0.176. The molecule has 0 fully saturated rings. The molecule has 0 aliphatic heterocycles. The predicted octanol–water partition coefficient (Wildman–Crippen LogP) is 2.77. The quantitative estimate of drug-likeness (QED) is 0.796. The molecule has 0 spiro atoms. The van der Waals surface area contributed by atoms with Crippen LogP contribution in [0.4, 0.5) is 0 Å². The number of ether oxygens (including phenoxy) is 1. The molecule has 0 aliphatic rings. The number of benzene rings is 2. The number of amides is 1. The number of rotatable bonds is 5. The minimum Gasteiger partial charge on any atom is -0.489 e. The van der Waals surface area contributed by atoms with E-state index >= 15 is 0 Å². The number of hydroxylamine groups is 2. The van der Waals surface area contributed by atoms with Crippen molar-refractivity contribution < 1.29 is 14.4 Å². The van der Waals surface area contributed by atoms with Gasteiger partial charge in [0.25, 0.3) is 5.91 Å². The maximum Gasteiger partial charge on any atom is 0.277 e. The van der Waals surface area contributed by atoms with Crippen molar-refractivity contribution in [3.8, 4) is 11.8 Å². The van der Waals surface area contributed by atoms with Gasteiger partial charge in [0.05, 0.1) is 18.7 Å². The Bertz CT molecular complexity index is 707. The van der Waals surface area contributed by atoms with Crippen LogP contribution >= 0.6 is 0 Å². The monoisotopic (exact) mass is 296 g/mol. The molecule has 0 bridgehead atoms. The number of nitriles is 1. The number of carbonyl (C=O) groups excluding carboxylic acids is 1. The van der Waals surface area contributed by atoms with Crippen LogP contribution in [0.5, 0.6) is 5.75 Å². The molecule has 0 saturated carbocycles. The smallest absolute Gasteiger partial charge is 0.277 e. The first-order valence-corrected chi connectivity index (χ1v) is 6.68. The van der Waals surface area contributed by atoms with E-state index in [0.717, 1.165) is 10.6 Å². The van der Waals surface area contributed by atoms with Gasteiger partial charge < -0.3 is 4.74 Å². The Morgan fingerprint density at radius 2 is 2.00 bits per heavy atom. The van der Waals surface area contributed by atoms with Crippen molar-refractivity contribution in [2.45, 2.75) is 6.61 Å². The van der Waals surface area contributed by atoms with Crippen LogP contribution in [0, 0.1) is 11.3 Å². The van der Waals surface area contributed by atoms with E-state index in [2.05, 4.69) is 6.07 Å². The van der Waals surface area contributed by atoms with Crippen LogP contribution < -0.4 is 4.74 Å². The van der Waals surface area contributed by atoms with Crippen molar-refractivity contribution in [1.29, 1.82) is 5.26 Å². The molecule has 2 aromatic carbocycles. The third-order valence-electron chi connectivity index (χ3n) is 3.10. The molecule has 0 aromatic heterocycles. The second-order valence-corrected chi connectivity index (χ2v) is 4.61. The number of hydrogen-bond acceptors (Lipinski definition) is 4. The Morgan fingerprint density at radius 3 is 2.73 bits per heavy atom. The summed E-state index contributed by atoms with van der Waals surface area (Å²) in [6, 6.07) is 16.2. The second kappa shape index (κ2) is 7.25. The molecular formula is C17H16N2O3. The van der Waals surface area contributed by atoms with E-state index in [4.69, 9.17) is 14.8 Å². The van der Waals surface area contributed by atoms with Crippen molar-refractivity contribution in [3.63, 3.8) is 0 Å². The van der Waals surface area contributed by atoms with Gasteiger partial charge in [0.2, 0.25) is 0 Å². The van der Waals surface area contributed by atoms with E-state index in [0.29, 0.717) is 23.5 Å². The van der Waals surface area contributed by atoms with Crippen LogP contribution in [0.1, 0.15) is 21.5 Å². The van der Waals surface area contributed by atoms with E-state index in [9.17, 15) is 4.79 Å². The minimum absolute atomic E-state index is 0.251. The fourth-order valence-electron chi connectivity index (χ4n) is 1.88. The molecule has 0 aliphatic carbocycles. The number of hydrogen-bond donors (Lipinski definition) is 0. The zero-order valence-corrected chi connectivity index (χ0v) is 12.4.